The molecule has 3 aromatic rings. The summed E-state index contributed by atoms with van der Waals surface area (Å²) >= 11 is 8.50. The first kappa shape index (κ1) is 23.6. The number of amides is 2. The molecule has 180 valence electrons. The van der Waals surface area contributed by atoms with Crippen LogP contribution in [0, 0.1) is 0 Å². The van der Waals surface area contributed by atoms with Gasteiger partial charge in [-0.25, -0.2) is 13.4 Å². The highest BCUT2D eigenvalue weighted by Gasteiger charge is 2.34. The monoisotopic (exact) mass is 539 g/mol. The largest absolute Gasteiger partial charge is 0.335 e. The third-order valence-corrected chi connectivity index (χ3v) is 10.3. The summed E-state index contributed by atoms with van der Waals surface area (Å²) in [5.41, 5.74) is 0.389. The van der Waals surface area contributed by atoms with Crippen LogP contribution in [0.4, 0.5) is 0 Å². The lowest BCUT2D eigenvalue weighted by molar-refractivity contribution is -0.134. The molecule has 2 saturated heterocycles. The number of hydrogen-bond acceptors (Lipinski definition) is 8. The Labute approximate surface area is 210 Å². The number of thiophene rings is 1. The molecular weight excluding hydrogens is 518 g/mol. The van der Waals surface area contributed by atoms with Gasteiger partial charge in [-0.2, -0.15) is 4.31 Å². The van der Waals surface area contributed by atoms with Gasteiger partial charge in [0.15, 0.2) is 0 Å². The van der Waals surface area contributed by atoms with Gasteiger partial charge in [-0.15, -0.1) is 22.7 Å². The van der Waals surface area contributed by atoms with Crippen LogP contribution >= 0.6 is 34.3 Å². The Morgan fingerprint density at radius 2 is 1.94 bits per heavy atom. The van der Waals surface area contributed by atoms with Crippen molar-refractivity contribution in [3.8, 4) is 0 Å². The maximum atomic E-state index is 13.2. The van der Waals surface area contributed by atoms with Crippen molar-refractivity contribution in [3.05, 3.63) is 45.4 Å². The molecule has 2 aromatic heterocycles. The van der Waals surface area contributed by atoms with Crippen molar-refractivity contribution in [2.45, 2.75) is 10.8 Å². The fourth-order valence-electron chi connectivity index (χ4n) is 3.97. The first-order chi connectivity index (χ1) is 16.3. The van der Waals surface area contributed by atoms with Crippen molar-refractivity contribution in [1.82, 2.24) is 24.4 Å². The Morgan fingerprint density at radius 3 is 2.71 bits per heavy atom. The molecule has 0 radical (unpaired) electrons. The fourth-order valence-corrected chi connectivity index (χ4v) is 7.96. The highest BCUT2D eigenvalue weighted by molar-refractivity contribution is 7.91. The topological polar surface area (TPSA) is 103 Å². The van der Waals surface area contributed by atoms with E-state index in [-0.39, 0.29) is 42.2 Å². The molecule has 0 atom stereocenters. The van der Waals surface area contributed by atoms with Crippen LogP contribution in [0.3, 0.4) is 0 Å². The third-order valence-electron chi connectivity index (χ3n) is 5.84. The molecule has 5 rings (SSSR count). The summed E-state index contributed by atoms with van der Waals surface area (Å²) in [7, 11) is -3.79. The number of carbonyl (C=O) groups is 2. The molecule has 1 N–H and O–H groups in total. The molecule has 2 fully saturated rings. The number of nitrogens with one attached hydrogen (secondary N) is 1. The van der Waals surface area contributed by atoms with Gasteiger partial charge in [0.25, 0.3) is 15.9 Å². The van der Waals surface area contributed by atoms with E-state index in [1.807, 2.05) is 0 Å². The number of benzene rings is 1. The van der Waals surface area contributed by atoms with E-state index in [9.17, 15) is 18.0 Å². The van der Waals surface area contributed by atoms with Crippen LogP contribution in [-0.2, 0) is 21.4 Å². The molecule has 0 bridgehead atoms. The van der Waals surface area contributed by atoms with Crippen molar-refractivity contribution >= 4 is 66.2 Å². The molecule has 9 nitrogen and oxygen atoms in total. The third kappa shape index (κ3) is 4.70. The average Bonchev–Trinajstić information content (AvgIpc) is 3.47. The van der Waals surface area contributed by atoms with Gasteiger partial charge in [0.2, 0.25) is 5.91 Å². The molecule has 1 aromatic carbocycles. The second kappa shape index (κ2) is 9.51. The zero-order valence-corrected chi connectivity index (χ0v) is 21.3. The summed E-state index contributed by atoms with van der Waals surface area (Å²) in [6.07, 6.45) is 0. The molecule has 4 heterocycles. The molecule has 0 unspecified atom stereocenters. The molecule has 13 heteroatoms. The normalized spacial score (nSPS) is 18.1. The van der Waals surface area contributed by atoms with E-state index in [2.05, 4.69) is 10.3 Å². The molecule has 34 heavy (non-hydrogen) atoms. The number of halogens is 1. The highest BCUT2D eigenvalue weighted by atomic mass is 35.5. The van der Waals surface area contributed by atoms with Crippen LogP contribution in [0.15, 0.2) is 33.9 Å². The SMILES string of the molecule is O=C1CN(S(=O)(=O)c2cc3ccc(Cl)cc3s2)CCN1Cc1nc(C(=O)N2CCNCC2)cs1. The second-order valence-electron chi connectivity index (χ2n) is 8.07. The van der Waals surface area contributed by atoms with Gasteiger partial charge in [-0.3, -0.25) is 9.59 Å². The quantitative estimate of drug-likeness (QED) is 0.532. The number of piperazine rings is 2. The van der Waals surface area contributed by atoms with E-state index < -0.39 is 10.0 Å². The molecular formula is C21H22ClN5O4S3. The number of aromatic nitrogens is 1. The standard InChI is InChI=1S/C21H22ClN5O4S3/c22-15-2-1-14-9-20(33-17(14)10-15)34(30,31)27-8-7-26(19(28)12-27)11-18-24-16(13-32-18)21(29)25-5-3-23-4-6-25/h1-2,9-10,13,23H,3-8,11-12H2. The lowest BCUT2D eigenvalue weighted by atomic mass is 10.3. The summed E-state index contributed by atoms with van der Waals surface area (Å²) in [5, 5.41) is 6.93. The van der Waals surface area contributed by atoms with Crippen molar-refractivity contribution in [2.75, 3.05) is 45.8 Å². The van der Waals surface area contributed by atoms with Crippen LogP contribution < -0.4 is 5.32 Å². The number of fused-ring (bicyclic) bond motifs is 1. The lowest BCUT2D eigenvalue weighted by Crippen LogP contribution is -2.51. The first-order valence-corrected chi connectivity index (χ1v) is 14.2. The Morgan fingerprint density at radius 1 is 1.15 bits per heavy atom. The van der Waals surface area contributed by atoms with Crippen LogP contribution in [-0.4, -0.2) is 85.1 Å². The van der Waals surface area contributed by atoms with E-state index in [4.69, 9.17) is 11.6 Å². The van der Waals surface area contributed by atoms with E-state index in [1.54, 1.807) is 39.4 Å². The molecule has 0 spiro atoms. The van der Waals surface area contributed by atoms with Crippen molar-refractivity contribution in [1.29, 1.82) is 0 Å². The lowest BCUT2D eigenvalue weighted by Gasteiger charge is -2.32. The summed E-state index contributed by atoms with van der Waals surface area (Å²) < 4.78 is 28.5. The number of hydrogen-bond donors (Lipinski definition) is 1. The summed E-state index contributed by atoms with van der Waals surface area (Å²) in [6.45, 7) is 3.31. The first-order valence-electron chi connectivity index (χ1n) is 10.7. The maximum Gasteiger partial charge on any atom is 0.273 e. The van der Waals surface area contributed by atoms with Gasteiger partial charge in [-0.1, -0.05) is 17.7 Å². The Kier molecular flexibility index (Phi) is 6.62. The number of rotatable bonds is 5. The van der Waals surface area contributed by atoms with Crippen LogP contribution in [0.1, 0.15) is 15.5 Å². The Bertz CT molecular complexity index is 1350. The number of thiazole rings is 1. The van der Waals surface area contributed by atoms with E-state index in [0.717, 1.165) is 34.5 Å². The number of sulfonamides is 1. The molecule has 2 amide bonds. The van der Waals surface area contributed by atoms with E-state index in [0.29, 0.717) is 28.8 Å². The van der Waals surface area contributed by atoms with Crippen LogP contribution in [0.25, 0.3) is 10.1 Å². The van der Waals surface area contributed by atoms with Gasteiger partial charge in [0.05, 0.1) is 13.1 Å². The summed E-state index contributed by atoms with van der Waals surface area (Å²) in [5.74, 6) is -0.389. The van der Waals surface area contributed by atoms with Crippen LogP contribution in [0.5, 0.6) is 0 Å². The summed E-state index contributed by atoms with van der Waals surface area (Å²) in [6, 6.07) is 6.86. The van der Waals surface area contributed by atoms with Crippen LogP contribution in [0.2, 0.25) is 5.02 Å². The van der Waals surface area contributed by atoms with Crippen molar-refractivity contribution in [2.24, 2.45) is 0 Å². The molecule has 0 saturated carbocycles. The Hall–Kier alpha value is -2.09. The zero-order chi connectivity index (χ0) is 23.9. The number of nitrogens with zero attached hydrogens (tertiary/aromatic N) is 4. The average molecular weight is 540 g/mol. The highest BCUT2D eigenvalue weighted by Crippen LogP contribution is 2.33. The minimum absolute atomic E-state index is 0.101. The smallest absolute Gasteiger partial charge is 0.273 e. The molecule has 0 aliphatic carbocycles. The second-order valence-corrected chi connectivity index (χ2v) is 12.7. The minimum Gasteiger partial charge on any atom is -0.335 e. The van der Waals surface area contributed by atoms with Gasteiger partial charge < -0.3 is 15.1 Å². The van der Waals surface area contributed by atoms with Gasteiger partial charge in [-0.05, 0) is 23.6 Å². The predicted octanol–water partition coefficient (Wildman–Crippen LogP) is 2.09. The predicted molar refractivity (Wildman–Crippen MR) is 132 cm³/mol. The van der Waals surface area contributed by atoms with Gasteiger partial charge >= 0.3 is 0 Å². The number of carbonyl (C=O) groups excluding carboxylic acids is 2. The van der Waals surface area contributed by atoms with Crippen molar-refractivity contribution < 1.29 is 18.0 Å². The molecule has 2 aliphatic heterocycles. The summed E-state index contributed by atoms with van der Waals surface area (Å²) in [4.78, 5) is 33.2. The minimum atomic E-state index is -3.79. The zero-order valence-electron chi connectivity index (χ0n) is 18.1. The van der Waals surface area contributed by atoms with E-state index >= 15 is 0 Å². The van der Waals surface area contributed by atoms with Crippen molar-refractivity contribution in [3.63, 3.8) is 0 Å². The van der Waals surface area contributed by atoms with Gasteiger partial charge in [0.1, 0.15) is 14.9 Å². The maximum absolute atomic E-state index is 13.2. The Balaban J connectivity index is 1.24. The van der Waals surface area contributed by atoms with Gasteiger partial charge in [0, 0.05) is 54.4 Å². The molecule has 2 aliphatic rings. The fraction of sp³-hybridized carbons (Fsp3) is 0.381. The van der Waals surface area contributed by atoms with E-state index in [1.165, 1.54) is 15.6 Å².